The molecule has 1 aliphatic carbocycles. The van der Waals surface area contributed by atoms with Crippen LogP contribution in [0, 0.1) is 5.92 Å². The van der Waals surface area contributed by atoms with Gasteiger partial charge in [0.25, 0.3) is 0 Å². The summed E-state index contributed by atoms with van der Waals surface area (Å²) in [5.74, 6) is -0.308. The van der Waals surface area contributed by atoms with Crippen molar-refractivity contribution in [3.8, 4) is 11.5 Å². The number of carbonyl (C=O) groups excluding carboxylic acids is 1. The molecular formula is C27H30ClN3O5S. The van der Waals surface area contributed by atoms with E-state index in [2.05, 4.69) is 4.98 Å². The van der Waals surface area contributed by atoms with E-state index in [9.17, 15) is 13.2 Å². The number of oxazole rings is 1. The van der Waals surface area contributed by atoms with Crippen molar-refractivity contribution in [3.63, 3.8) is 0 Å². The Balaban J connectivity index is 1.65. The number of para-hydroxylation sites is 1. The monoisotopic (exact) mass is 543 g/mol. The lowest BCUT2D eigenvalue weighted by atomic mass is 9.83. The lowest BCUT2D eigenvalue weighted by Gasteiger charge is -2.36. The number of sulfonamides is 1. The van der Waals surface area contributed by atoms with E-state index in [1.807, 2.05) is 35.2 Å². The molecule has 1 aliphatic heterocycles. The van der Waals surface area contributed by atoms with Gasteiger partial charge < -0.3 is 14.1 Å². The molecule has 1 atom stereocenters. The summed E-state index contributed by atoms with van der Waals surface area (Å²) in [6.07, 6.45) is 6.59. The molecule has 0 unspecified atom stereocenters. The Morgan fingerprint density at radius 1 is 1.16 bits per heavy atom. The van der Waals surface area contributed by atoms with E-state index < -0.39 is 16.0 Å². The lowest BCUT2D eigenvalue weighted by molar-refractivity contribution is 0.0519. The first kappa shape index (κ1) is 25.8. The van der Waals surface area contributed by atoms with E-state index >= 15 is 0 Å². The number of esters is 1. The zero-order valence-corrected chi connectivity index (χ0v) is 22.5. The number of benzene rings is 2. The second-order valence-electron chi connectivity index (χ2n) is 9.49. The van der Waals surface area contributed by atoms with Crippen LogP contribution in [-0.2, 0) is 14.8 Å². The van der Waals surface area contributed by atoms with Gasteiger partial charge in [-0.2, -0.15) is 4.31 Å². The number of fused-ring (bicyclic) bond motifs is 1. The molecule has 0 spiro atoms. The van der Waals surface area contributed by atoms with E-state index in [-0.39, 0.29) is 45.6 Å². The third kappa shape index (κ3) is 4.87. The van der Waals surface area contributed by atoms with Crippen molar-refractivity contribution in [3.05, 3.63) is 59.4 Å². The highest BCUT2D eigenvalue weighted by atomic mass is 35.5. The van der Waals surface area contributed by atoms with Crippen molar-refractivity contribution in [2.24, 2.45) is 5.92 Å². The molecular weight excluding hydrogens is 514 g/mol. The molecule has 1 fully saturated rings. The maximum absolute atomic E-state index is 14.1. The first-order chi connectivity index (χ1) is 17.8. The van der Waals surface area contributed by atoms with Gasteiger partial charge in [-0.15, -0.1) is 0 Å². The molecule has 0 saturated heterocycles. The molecule has 10 heteroatoms. The second kappa shape index (κ2) is 10.5. The minimum Gasteiger partial charge on any atom is -0.461 e. The molecule has 0 amide bonds. The third-order valence-electron chi connectivity index (χ3n) is 7.31. The van der Waals surface area contributed by atoms with Crippen LogP contribution in [0.5, 0.6) is 0 Å². The van der Waals surface area contributed by atoms with Gasteiger partial charge in [-0.1, -0.05) is 49.1 Å². The smallest absolute Gasteiger partial charge is 0.360 e. The zero-order valence-electron chi connectivity index (χ0n) is 20.9. The van der Waals surface area contributed by atoms with Crippen LogP contribution in [0.4, 0.5) is 11.4 Å². The number of rotatable bonds is 5. The fraction of sp³-hybridized carbons (Fsp3) is 0.407. The Bertz CT molecular complexity index is 1390. The average molecular weight is 544 g/mol. The molecule has 196 valence electrons. The maximum atomic E-state index is 14.1. The summed E-state index contributed by atoms with van der Waals surface area (Å²) in [7, 11) is -2.22. The first-order valence-electron chi connectivity index (χ1n) is 12.6. The van der Waals surface area contributed by atoms with Crippen LogP contribution in [-0.4, -0.2) is 49.9 Å². The van der Waals surface area contributed by atoms with E-state index in [0.717, 1.165) is 31.4 Å². The van der Waals surface area contributed by atoms with Crippen LogP contribution in [0.1, 0.15) is 49.5 Å². The summed E-state index contributed by atoms with van der Waals surface area (Å²) in [6.45, 7) is 2.41. The Morgan fingerprint density at radius 2 is 1.89 bits per heavy atom. The first-order valence-corrected chi connectivity index (χ1v) is 14.4. The van der Waals surface area contributed by atoms with Gasteiger partial charge >= 0.3 is 5.97 Å². The molecule has 1 aromatic heterocycles. The highest BCUT2D eigenvalue weighted by Crippen LogP contribution is 2.44. The van der Waals surface area contributed by atoms with Crippen LogP contribution in [0.15, 0.2) is 58.0 Å². The summed E-state index contributed by atoms with van der Waals surface area (Å²) >= 11 is 6.72. The molecule has 5 rings (SSSR count). The second-order valence-corrected chi connectivity index (χ2v) is 11.9. The largest absolute Gasteiger partial charge is 0.461 e. The molecule has 2 aromatic carbocycles. The summed E-state index contributed by atoms with van der Waals surface area (Å²) in [4.78, 5) is 18.5. The summed E-state index contributed by atoms with van der Waals surface area (Å²) in [6, 6.07) is 12.7. The van der Waals surface area contributed by atoms with Gasteiger partial charge in [0.1, 0.15) is 11.2 Å². The van der Waals surface area contributed by atoms with Crippen molar-refractivity contribution in [1.29, 1.82) is 0 Å². The van der Waals surface area contributed by atoms with Crippen molar-refractivity contribution >= 4 is 39.0 Å². The molecule has 2 heterocycles. The number of carbonyl (C=O) groups is 1. The molecule has 0 N–H and O–H groups in total. The molecule has 8 nitrogen and oxygen atoms in total. The molecule has 0 bridgehead atoms. The van der Waals surface area contributed by atoms with Crippen molar-refractivity contribution in [1.82, 2.24) is 9.29 Å². The average Bonchev–Trinajstić information content (AvgIpc) is 3.37. The number of nitrogens with zero attached hydrogens (tertiary/aromatic N) is 3. The van der Waals surface area contributed by atoms with Crippen molar-refractivity contribution in [2.45, 2.75) is 50.0 Å². The normalized spacial score (nSPS) is 20.3. The van der Waals surface area contributed by atoms with Gasteiger partial charge in [0.2, 0.25) is 15.9 Å². The van der Waals surface area contributed by atoms with E-state index in [0.29, 0.717) is 12.2 Å². The molecule has 1 saturated carbocycles. The molecule has 37 heavy (non-hydrogen) atoms. The minimum absolute atomic E-state index is 0.00823. The van der Waals surface area contributed by atoms with Gasteiger partial charge in [0.15, 0.2) is 5.69 Å². The Labute approximate surface area is 222 Å². The lowest BCUT2D eigenvalue weighted by Crippen LogP contribution is -2.46. The van der Waals surface area contributed by atoms with Crippen LogP contribution in [0.2, 0.25) is 5.02 Å². The van der Waals surface area contributed by atoms with E-state index in [1.54, 1.807) is 20.0 Å². The fourth-order valence-electron chi connectivity index (χ4n) is 5.37. The van der Waals surface area contributed by atoms with Crippen LogP contribution in [0.3, 0.4) is 0 Å². The minimum atomic E-state index is -3.89. The van der Waals surface area contributed by atoms with Gasteiger partial charge in [-0.05, 0) is 49.9 Å². The highest BCUT2D eigenvalue weighted by Gasteiger charge is 2.41. The number of hydrogen-bond acceptors (Lipinski definition) is 7. The quantitative estimate of drug-likeness (QED) is 0.370. The van der Waals surface area contributed by atoms with E-state index in [1.165, 1.54) is 23.1 Å². The van der Waals surface area contributed by atoms with Gasteiger partial charge in [-0.3, -0.25) is 0 Å². The Hall–Kier alpha value is -2.88. The number of halogens is 1. The van der Waals surface area contributed by atoms with Gasteiger partial charge in [-0.25, -0.2) is 18.2 Å². The summed E-state index contributed by atoms with van der Waals surface area (Å²) in [5, 5.41) is 0.269. The molecule has 2 aliphatic rings. The van der Waals surface area contributed by atoms with Crippen molar-refractivity contribution in [2.75, 3.05) is 25.1 Å². The standard InChI is InChI=1S/C27H30ClN3O5S/c1-3-35-27(32)22-17-36-26(29-22)20-14-25-23(15-21(20)28)31(19-12-8-5-9-13-19)16-24(30(2)37(25,33)34)18-10-6-4-7-11-18/h5,8-9,12-15,17-18,24H,3-4,6-7,10-11,16H2,1-2H3/t24-/m0/s1. The Morgan fingerprint density at radius 3 is 2.59 bits per heavy atom. The van der Waals surface area contributed by atoms with E-state index in [4.69, 9.17) is 20.8 Å². The van der Waals surface area contributed by atoms with Crippen LogP contribution in [0.25, 0.3) is 11.5 Å². The topological polar surface area (TPSA) is 93.0 Å². The number of likely N-dealkylation sites (N-methyl/N-ethyl adjacent to an activating group) is 1. The Kier molecular flexibility index (Phi) is 7.29. The van der Waals surface area contributed by atoms with Crippen molar-refractivity contribution < 1.29 is 22.4 Å². The number of hydrogen-bond donors (Lipinski definition) is 0. The highest BCUT2D eigenvalue weighted by molar-refractivity contribution is 7.89. The van der Waals surface area contributed by atoms with Gasteiger partial charge in [0, 0.05) is 25.3 Å². The van der Waals surface area contributed by atoms with Gasteiger partial charge in [0.05, 0.1) is 22.9 Å². The molecule has 0 radical (unpaired) electrons. The molecule has 3 aromatic rings. The van der Waals surface area contributed by atoms with Crippen LogP contribution >= 0.6 is 11.6 Å². The third-order valence-corrected chi connectivity index (χ3v) is 9.54. The number of anilines is 2. The predicted molar refractivity (Wildman–Crippen MR) is 142 cm³/mol. The predicted octanol–water partition coefficient (Wildman–Crippen LogP) is 5.89. The summed E-state index contributed by atoms with van der Waals surface area (Å²) in [5.41, 5.74) is 1.67. The maximum Gasteiger partial charge on any atom is 0.360 e. The SMILES string of the molecule is CCOC(=O)c1coc(-c2cc3c(cc2Cl)N(c2ccccc2)C[C@@H](C2CCCCC2)N(C)S3(=O)=O)n1. The number of ether oxygens (including phenoxy) is 1. The zero-order chi connectivity index (χ0) is 26.2. The fourth-order valence-corrected chi connectivity index (χ4v) is 7.22. The van der Waals surface area contributed by atoms with Crippen LogP contribution < -0.4 is 4.90 Å². The number of aromatic nitrogens is 1. The summed E-state index contributed by atoms with van der Waals surface area (Å²) < 4.78 is 40.2.